The molecule has 0 fully saturated rings. The molecule has 0 bridgehead atoms. The van der Waals surface area contributed by atoms with Gasteiger partial charge in [0.1, 0.15) is 11.3 Å². The van der Waals surface area contributed by atoms with Crippen LogP contribution in [0.5, 0.6) is 0 Å². The average molecular weight is 361 g/mol. The van der Waals surface area contributed by atoms with Gasteiger partial charge in [0.25, 0.3) is 0 Å². The van der Waals surface area contributed by atoms with Gasteiger partial charge < -0.3 is 15.5 Å². The highest BCUT2D eigenvalue weighted by atomic mass is 31.2. The minimum Gasteiger partial charge on any atom is -0.382 e. The topological polar surface area (TPSA) is 144 Å². The van der Waals surface area contributed by atoms with Crippen LogP contribution in [0.25, 0.3) is 11.2 Å². The van der Waals surface area contributed by atoms with Gasteiger partial charge in [0.2, 0.25) is 0 Å². The number of nitrogens with one attached hydrogen (secondary N) is 1. The van der Waals surface area contributed by atoms with Crippen molar-refractivity contribution in [2.45, 2.75) is 20.3 Å². The molecule has 2 aromatic heterocycles. The molecule has 0 atom stereocenters. The van der Waals surface area contributed by atoms with E-state index in [-0.39, 0.29) is 26.2 Å². The standard InChI is InChI=1S/C12H20N5O6P/c1-3-20-22-24(18,23-21-4-2)8-19-6-5-9-16-11(13)10-12(17-9)15-7-14-10/h7H,3-6,8H2,1-2H3,(H3,13,14,15,16,17). The first-order chi connectivity index (χ1) is 11.6. The number of imidazole rings is 1. The second-order valence-corrected chi connectivity index (χ2v) is 6.26. The number of ether oxygens (including phenoxy) is 1. The molecule has 0 spiro atoms. The SMILES string of the molecule is CCOOP(=O)(COCCc1nc(N)c2[nH]cnc2n1)OOCC. The summed E-state index contributed by atoms with van der Waals surface area (Å²) in [5.74, 6) is 0.760. The second-order valence-electron chi connectivity index (χ2n) is 4.49. The number of rotatable bonds is 11. The maximum absolute atomic E-state index is 12.3. The molecule has 0 amide bonds. The summed E-state index contributed by atoms with van der Waals surface area (Å²) < 4.78 is 27.0. The summed E-state index contributed by atoms with van der Waals surface area (Å²) in [5, 5.41) is 0. The number of aromatic nitrogens is 4. The van der Waals surface area contributed by atoms with Crippen LogP contribution in [0.3, 0.4) is 0 Å². The zero-order chi connectivity index (χ0) is 17.4. The number of nitrogen functional groups attached to an aromatic ring is 1. The van der Waals surface area contributed by atoms with Gasteiger partial charge >= 0.3 is 7.60 Å². The van der Waals surface area contributed by atoms with Crippen LogP contribution >= 0.6 is 7.60 Å². The molecule has 2 rings (SSSR count). The molecule has 3 N–H and O–H groups in total. The average Bonchev–Trinajstić information content (AvgIpc) is 3.04. The third-order valence-electron chi connectivity index (χ3n) is 2.65. The first kappa shape index (κ1) is 18.7. The van der Waals surface area contributed by atoms with E-state index < -0.39 is 7.60 Å². The Hall–Kier alpha value is -1.62. The summed E-state index contributed by atoms with van der Waals surface area (Å²) in [6.45, 7) is 3.94. The van der Waals surface area contributed by atoms with E-state index in [1.807, 2.05) is 0 Å². The summed E-state index contributed by atoms with van der Waals surface area (Å²) in [4.78, 5) is 24.6. The van der Waals surface area contributed by atoms with Crippen LogP contribution in [-0.2, 0) is 34.8 Å². The van der Waals surface area contributed by atoms with Crippen molar-refractivity contribution >= 4 is 24.6 Å². The van der Waals surface area contributed by atoms with Crippen molar-refractivity contribution in [3.8, 4) is 0 Å². The molecule has 0 aliphatic rings. The fourth-order valence-electron chi connectivity index (χ4n) is 1.68. The zero-order valence-electron chi connectivity index (χ0n) is 13.4. The van der Waals surface area contributed by atoms with E-state index >= 15 is 0 Å². The van der Waals surface area contributed by atoms with Crippen molar-refractivity contribution in [2.24, 2.45) is 0 Å². The van der Waals surface area contributed by atoms with E-state index in [0.717, 1.165) is 0 Å². The van der Waals surface area contributed by atoms with Gasteiger partial charge in [-0.3, -0.25) is 4.57 Å². The first-order valence-corrected chi connectivity index (χ1v) is 9.05. The number of H-pyrrole nitrogens is 1. The monoisotopic (exact) mass is 361 g/mol. The van der Waals surface area contributed by atoms with E-state index in [0.29, 0.717) is 29.2 Å². The van der Waals surface area contributed by atoms with Crippen molar-refractivity contribution < 1.29 is 28.4 Å². The third-order valence-corrected chi connectivity index (χ3v) is 3.81. The molecule has 12 heteroatoms. The number of anilines is 1. The Bertz CT molecular complexity index is 684. The minimum absolute atomic E-state index is 0.171. The summed E-state index contributed by atoms with van der Waals surface area (Å²) >= 11 is 0. The fraction of sp³-hybridized carbons (Fsp3) is 0.583. The predicted molar refractivity (Wildman–Crippen MR) is 83.6 cm³/mol. The maximum Gasteiger partial charge on any atom is 0.409 e. The van der Waals surface area contributed by atoms with E-state index in [2.05, 4.69) is 29.7 Å². The molecule has 0 aliphatic carbocycles. The Morgan fingerprint density at radius 2 is 1.92 bits per heavy atom. The summed E-state index contributed by atoms with van der Waals surface area (Å²) in [5.41, 5.74) is 6.86. The highest BCUT2D eigenvalue weighted by Gasteiger charge is 2.28. The van der Waals surface area contributed by atoms with Crippen molar-refractivity contribution in [2.75, 3.05) is 31.9 Å². The minimum atomic E-state index is -3.66. The lowest BCUT2D eigenvalue weighted by Crippen LogP contribution is -2.09. The van der Waals surface area contributed by atoms with Gasteiger partial charge in [0, 0.05) is 6.42 Å². The molecule has 2 heterocycles. The second kappa shape index (κ2) is 9.02. The predicted octanol–water partition coefficient (Wildman–Crippen LogP) is 1.58. The summed E-state index contributed by atoms with van der Waals surface area (Å²) in [6.07, 6.45) is 1.49. The Morgan fingerprint density at radius 1 is 1.21 bits per heavy atom. The molecular weight excluding hydrogens is 341 g/mol. The zero-order valence-corrected chi connectivity index (χ0v) is 14.3. The molecule has 0 saturated heterocycles. The lowest BCUT2D eigenvalue weighted by molar-refractivity contribution is -0.265. The van der Waals surface area contributed by atoms with Crippen molar-refractivity contribution in [3.63, 3.8) is 0 Å². The third kappa shape index (κ3) is 5.20. The van der Waals surface area contributed by atoms with Crippen molar-refractivity contribution in [3.05, 3.63) is 12.2 Å². The van der Waals surface area contributed by atoms with E-state index in [4.69, 9.17) is 19.8 Å². The first-order valence-electron chi connectivity index (χ1n) is 7.32. The van der Waals surface area contributed by atoms with Crippen LogP contribution in [0.1, 0.15) is 19.7 Å². The van der Waals surface area contributed by atoms with E-state index in [1.54, 1.807) is 13.8 Å². The highest BCUT2D eigenvalue weighted by Crippen LogP contribution is 2.48. The Morgan fingerprint density at radius 3 is 2.58 bits per heavy atom. The number of aromatic amines is 1. The smallest absolute Gasteiger partial charge is 0.382 e. The molecular formula is C12H20N5O6P. The van der Waals surface area contributed by atoms with Gasteiger partial charge in [0.15, 0.2) is 17.8 Å². The van der Waals surface area contributed by atoms with Crippen molar-refractivity contribution in [1.29, 1.82) is 0 Å². The number of fused-ring (bicyclic) bond motifs is 1. The van der Waals surface area contributed by atoms with Gasteiger partial charge in [-0.15, -0.1) is 9.35 Å². The fourth-order valence-corrected chi connectivity index (χ4v) is 2.67. The van der Waals surface area contributed by atoms with Crippen LogP contribution in [0.4, 0.5) is 5.82 Å². The molecule has 0 radical (unpaired) electrons. The normalized spacial score (nSPS) is 12.1. The van der Waals surface area contributed by atoms with Crippen molar-refractivity contribution in [1.82, 2.24) is 19.9 Å². The molecule has 0 aromatic carbocycles. The molecule has 2 aromatic rings. The molecule has 0 saturated carbocycles. The molecule has 0 unspecified atom stereocenters. The quantitative estimate of drug-likeness (QED) is 0.262. The van der Waals surface area contributed by atoms with Gasteiger partial charge in [-0.25, -0.2) is 24.7 Å². The number of nitrogens with two attached hydrogens (primary N) is 1. The van der Waals surface area contributed by atoms with Gasteiger partial charge in [0.05, 0.1) is 26.1 Å². The van der Waals surface area contributed by atoms with Gasteiger partial charge in [-0.2, -0.15) is 0 Å². The molecule has 11 nitrogen and oxygen atoms in total. The Labute approximate surface area is 138 Å². The van der Waals surface area contributed by atoms with Gasteiger partial charge in [-0.1, -0.05) is 0 Å². The van der Waals surface area contributed by atoms with Gasteiger partial charge in [-0.05, 0) is 13.8 Å². The summed E-state index contributed by atoms with van der Waals surface area (Å²) in [7, 11) is -3.66. The highest BCUT2D eigenvalue weighted by molar-refractivity contribution is 7.53. The Kier molecular flexibility index (Phi) is 7.03. The maximum atomic E-state index is 12.3. The summed E-state index contributed by atoms with van der Waals surface area (Å²) in [6, 6.07) is 0. The molecule has 0 aliphatic heterocycles. The van der Waals surface area contributed by atoms with Crippen LogP contribution in [0, 0.1) is 0 Å². The van der Waals surface area contributed by atoms with E-state index in [9.17, 15) is 4.57 Å². The molecule has 134 valence electrons. The van der Waals surface area contributed by atoms with Crippen LogP contribution in [0.2, 0.25) is 0 Å². The number of nitrogens with zero attached hydrogens (tertiary/aromatic N) is 3. The van der Waals surface area contributed by atoms with Crippen LogP contribution < -0.4 is 5.73 Å². The van der Waals surface area contributed by atoms with Crippen LogP contribution in [-0.4, -0.2) is 46.1 Å². The lowest BCUT2D eigenvalue weighted by Gasteiger charge is -2.15. The van der Waals surface area contributed by atoms with E-state index in [1.165, 1.54) is 6.33 Å². The number of hydrogen-bond acceptors (Lipinski definition) is 10. The largest absolute Gasteiger partial charge is 0.409 e. The number of hydrogen-bond donors (Lipinski definition) is 2. The lowest BCUT2D eigenvalue weighted by atomic mass is 10.4. The van der Waals surface area contributed by atoms with Crippen LogP contribution in [0.15, 0.2) is 6.33 Å². The Balaban J connectivity index is 1.85. The molecule has 24 heavy (non-hydrogen) atoms.